The van der Waals surface area contributed by atoms with Gasteiger partial charge in [-0.2, -0.15) is 0 Å². The normalized spacial score (nSPS) is 17.6. The van der Waals surface area contributed by atoms with Gasteiger partial charge in [0.05, 0.1) is 0 Å². The second kappa shape index (κ2) is 7.35. The van der Waals surface area contributed by atoms with Crippen LogP contribution in [0.2, 0.25) is 0 Å². The summed E-state index contributed by atoms with van der Waals surface area (Å²) in [6.45, 7) is 0. The Hall–Kier alpha value is -2.16. The summed E-state index contributed by atoms with van der Waals surface area (Å²) >= 11 is 7.18. The SMILES string of the molecule is Brc1ccc(C2c3ccccc3-c3ccccc3C2c2ccc(Br)cc2)cc1. The first-order valence-electron chi connectivity index (χ1n) is 9.41. The van der Waals surface area contributed by atoms with Crippen molar-refractivity contribution in [3.05, 3.63) is 128 Å². The zero-order valence-electron chi connectivity index (χ0n) is 15.1. The van der Waals surface area contributed by atoms with Gasteiger partial charge in [0.15, 0.2) is 0 Å². The molecule has 0 aliphatic heterocycles. The Labute approximate surface area is 182 Å². The van der Waals surface area contributed by atoms with Crippen LogP contribution in [-0.4, -0.2) is 0 Å². The largest absolute Gasteiger partial charge is 0.0619 e. The second-order valence-electron chi connectivity index (χ2n) is 7.23. The van der Waals surface area contributed by atoms with Gasteiger partial charge in [-0.15, -0.1) is 0 Å². The van der Waals surface area contributed by atoms with E-state index in [1.165, 1.54) is 33.4 Å². The van der Waals surface area contributed by atoms with E-state index in [0.29, 0.717) is 0 Å². The van der Waals surface area contributed by atoms with Gasteiger partial charge in [-0.1, -0.05) is 105 Å². The lowest BCUT2D eigenvalue weighted by Crippen LogP contribution is -2.20. The minimum Gasteiger partial charge on any atom is -0.0619 e. The maximum atomic E-state index is 3.59. The molecule has 0 radical (unpaired) electrons. The van der Waals surface area contributed by atoms with Gasteiger partial charge in [-0.25, -0.2) is 0 Å². The standard InChI is InChI=1S/C26H18Br2/c27-19-13-9-17(10-14-19)25-23-7-3-1-5-21(23)22-6-2-4-8-24(22)26(25)18-11-15-20(28)16-12-18/h1-16,25-26H. The molecule has 0 saturated carbocycles. The average Bonchev–Trinajstić information content (AvgIpc) is 2.74. The molecule has 0 N–H and O–H groups in total. The summed E-state index contributed by atoms with van der Waals surface area (Å²) in [6.07, 6.45) is 0. The van der Waals surface area contributed by atoms with Crippen LogP contribution in [0.15, 0.2) is 106 Å². The summed E-state index contributed by atoms with van der Waals surface area (Å²) in [7, 11) is 0. The molecule has 0 nitrogen and oxygen atoms in total. The van der Waals surface area contributed by atoms with Crippen molar-refractivity contribution >= 4 is 31.9 Å². The number of rotatable bonds is 2. The zero-order chi connectivity index (χ0) is 19.1. The van der Waals surface area contributed by atoms with Crippen LogP contribution in [0, 0.1) is 0 Å². The minimum absolute atomic E-state index is 0.278. The molecule has 28 heavy (non-hydrogen) atoms. The molecule has 136 valence electrons. The van der Waals surface area contributed by atoms with Crippen LogP contribution in [0.3, 0.4) is 0 Å². The Morgan fingerprint density at radius 2 is 0.786 bits per heavy atom. The highest BCUT2D eigenvalue weighted by atomic mass is 79.9. The Kier molecular flexibility index (Phi) is 4.70. The fraction of sp³-hybridized carbons (Fsp3) is 0.0769. The number of hydrogen-bond acceptors (Lipinski definition) is 0. The first kappa shape index (κ1) is 17.9. The molecular formula is C26H18Br2. The van der Waals surface area contributed by atoms with E-state index in [1.54, 1.807) is 0 Å². The van der Waals surface area contributed by atoms with E-state index in [0.717, 1.165) is 8.95 Å². The third-order valence-corrected chi connectivity index (χ3v) is 6.73. The third kappa shape index (κ3) is 3.05. The quantitative estimate of drug-likeness (QED) is 0.266. The molecule has 1 aliphatic carbocycles. The Balaban J connectivity index is 1.80. The fourth-order valence-corrected chi connectivity index (χ4v) is 5.00. The number of halogens is 2. The van der Waals surface area contributed by atoms with Crippen LogP contribution in [0.25, 0.3) is 11.1 Å². The van der Waals surface area contributed by atoms with Crippen molar-refractivity contribution in [3.63, 3.8) is 0 Å². The van der Waals surface area contributed by atoms with Crippen LogP contribution < -0.4 is 0 Å². The van der Waals surface area contributed by atoms with Crippen LogP contribution in [-0.2, 0) is 0 Å². The smallest absolute Gasteiger partial charge is 0.0205 e. The van der Waals surface area contributed by atoms with Crippen molar-refractivity contribution in [2.45, 2.75) is 11.8 Å². The van der Waals surface area contributed by atoms with Crippen molar-refractivity contribution in [1.82, 2.24) is 0 Å². The molecule has 0 spiro atoms. The van der Waals surface area contributed by atoms with Crippen LogP contribution in [0.4, 0.5) is 0 Å². The Bertz CT molecular complexity index is 1030. The van der Waals surface area contributed by atoms with Gasteiger partial charge in [-0.05, 0) is 57.6 Å². The molecule has 0 amide bonds. The molecule has 4 aromatic rings. The summed E-state index contributed by atoms with van der Waals surface area (Å²) in [4.78, 5) is 0. The van der Waals surface area contributed by atoms with E-state index in [1.807, 2.05) is 0 Å². The molecule has 2 unspecified atom stereocenters. The number of benzene rings is 4. The molecule has 0 bridgehead atoms. The maximum Gasteiger partial charge on any atom is 0.0205 e. The van der Waals surface area contributed by atoms with Crippen LogP contribution in [0.5, 0.6) is 0 Å². The first-order chi connectivity index (χ1) is 13.7. The summed E-state index contributed by atoms with van der Waals surface area (Å²) < 4.78 is 2.22. The average molecular weight is 490 g/mol. The third-order valence-electron chi connectivity index (χ3n) is 5.67. The van der Waals surface area contributed by atoms with Gasteiger partial charge in [0.2, 0.25) is 0 Å². The van der Waals surface area contributed by atoms with Crippen molar-refractivity contribution in [1.29, 1.82) is 0 Å². The van der Waals surface area contributed by atoms with Gasteiger partial charge in [0, 0.05) is 20.8 Å². The Morgan fingerprint density at radius 1 is 0.429 bits per heavy atom. The lowest BCUT2D eigenvalue weighted by atomic mass is 9.66. The van der Waals surface area contributed by atoms with Gasteiger partial charge < -0.3 is 0 Å². The molecule has 0 saturated heterocycles. The predicted molar refractivity (Wildman–Crippen MR) is 124 cm³/mol. The van der Waals surface area contributed by atoms with Crippen molar-refractivity contribution in [3.8, 4) is 11.1 Å². The maximum absolute atomic E-state index is 3.59. The molecule has 0 heterocycles. The second-order valence-corrected chi connectivity index (χ2v) is 9.06. The lowest BCUT2D eigenvalue weighted by molar-refractivity contribution is 0.685. The van der Waals surface area contributed by atoms with E-state index in [-0.39, 0.29) is 11.8 Å². The molecule has 0 fully saturated rings. The first-order valence-corrected chi connectivity index (χ1v) is 11.0. The predicted octanol–water partition coefficient (Wildman–Crippen LogP) is 8.16. The van der Waals surface area contributed by atoms with Gasteiger partial charge in [0.25, 0.3) is 0 Å². The topological polar surface area (TPSA) is 0 Å². The molecular weight excluding hydrogens is 472 g/mol. The van der Waals surface area contributed by atoms with Crippen LogP contribution in [0.1, 0.15) is 34.1 Å². The van der Waals surface area contributed by atoms with Crippen molar-refractivity contribution < 1.29 is 0 Å². The van der Waals surface area contributed by atoms with E-state index in [2.05, 4.69) is 129 Å². The van der Waals surface area contributed by atoms with Crippen molar-refractivity contribution in [2.24, 2.45) is 0 Å². The Morgan fingerprint density at radius 3 is 1.18 bits per heavy atom. The highest BCUT2D eigenvalue weighted by molar-refractivity contribution is 9.10. The fourth-order valence-electron chi connectivity index (χ4n) is 4.47. The molecule has 4 aromatic carbocycles. The summed E-state index contributed by atoms with van der Waals surface area (Å²) in [5.41, 5.74) is 8.18. The highest BCUT2D eigenvalue weighted by Crippen LogP contribution is 2.52. The number of hydrogen-bond donors (Lipinski definition) is 0. The van der Waals surface area contributed by atoms with Crippen LogP contribution >= 0.6 is 31.9 Å². The van der Waals surface area contributed by atoms with Gasteiger partial charge in [-0.3, -0.25) is 0 Å². The minimum atomic E-state index is 0.278. The van der Waals surface area contributed by atoms with Gasteiger partial charge >= 0.3 is 0 Å². The monoisotopic (exact) mass is 488 g/mol. The zero-order valence-corrected chi connectivity index (χ0v) is 18.3. The van der Waals surface area contributed by atoms with Gasteiger partial charge in [0.1, 0.15) is 0 Å². The van der Waals surface area contributed by atoms with E-state index < -0.39 is 0 Å². The summed E-state index contributed by atoms with van der Waals surface area (Å²) in [5, 5.41) is 0. The van der Waals surface area contributed by atoms with E-state index >= 15 is 0 Å². The molecule has 1 aliphatic rings. The molecule has 5 rings (SSSR count). The lowest BCUT2D eigenvalue weighted by Gasteiger charge is -2.36. The summed E-state index contributed by atoms with van der Waals surface area (Å²) in [5.74, 6) is 0.556. The molecule has 0 aromatic heterocycles. The highest BCUT2D eigenvalue weighted by Gasteiger charge is 2.35. The van der Waals surface area contributed by atoms with E-state index in [4.69, 9.17) is 0 Å². The van der Waals surface area contributed by atoms with E-state index in [9.17, 15) is 0 Å². The number of fused-ring (bicyclic) bond motifs is 3. The molecule has 2 atom stereocenters. The summed E-state index contributed by atoms with van der Waals surface area (Å²) in [6, 6.07) is 35.4. The molecule has 2 heteroatoms. The van der Waals surface area contributed by atoms with Crippen molar-refractivity contribution in [2.75, 3.05) is 0 Å².